The van der Waals surface area contributed by atoms with Gasteiger partial charge in [0.1, 0.15) is 0 Å². The average Bonchev–Trinajstić information content (AvgIpc) is 2.89. The molecule has 3 rings (SSSR count). The topological polar surface area (TPSA) is 23.6 Å². The first-order valence-corrected chi connectivity index (χ1v) is 9.12. The van der Waals surface area contributed by atoms with Gasteiger partial charge >= 0.3 is 0 Å². The van der Waals surface area contributed by atoms with Crippen molar-refractivity contribution in [2.24, 2.45) is 0 Å². The standard InChI is InChI=1S/C23H28N2O/c1-14-10-16(3)21(17(4)11-14)24-8-9-25(23(24)20(7)26)22-18(5)12-15(2)13-19(22)6/h8-13,23H,1-7H3. The van der Waals surface area contributed by atoms with Gasteiger partial charge in [0, 0.05) is 23.8 Å². The average molecular weight is 348 g/mol. The molecule has 0 spiro atoms. The Morgan fingerprint density at radius 3 is 1.27 bits per heavy atom. The van der Waals surface area contributed by atoms with E-state index in [0.29, 0.717) is 0 Å². The molecule has 26 heavy (non-hydrogen) atoms. The molecule has 0 unspecified atom stereocenters. The minimum absolute atomic E-state index is 0.133. The van der Waals surface area contributed by atoms with E-state index in [9.17, 15) is 4.79 Å². The third-order valence-electron chi connectivity index (χ3n) is 5.07. The number of carbonyl (C=O) groups excluding carboxylic acids is 1. The minimum atomic E-state index is -0.352. The molecule has 0 amide bonds. The predicted octanol–water partition coefficient (Wildman–Crippen LogP) is 5.25. The van der Waals surface area contributed by atoms with Crippen LogP contribution in [0.2, 0.25) is 0 Å². The Morgan fingerprint density at radius 1 is 0.692 bits per heavy atom. The predicted molar refractivity (Wildman–Crippen MR) is 110 cm³/mol. The number of ketones is 1. The van der Waals surface area contributed by atoms with Gasteiger partial charge in [-0.1, -0.05) is 35.4 Å². The van der Waals surface area contributed by atoms with Crippen LogP contribution in [0.1, 0.15) is 40.3 Å². The van der Waals surface area contributed by atoms with Crippen molar-refractivity contribution in [3.63, 3.8) is 0 Å². The third-order valence-corrected chi connectivity index (χ3v) is 5.07. The summed E-state index contributed by atoms with van der Waals surface area (Å²) in [5, 5.41) is 0. The summed E-state index contributed by atoms with van der Waals surface area (Å²) in [6.07, 6.45) is 3.72. The van der Waals surface area contributed by atoms with Crippen LogP contribution in [0.5, 0.6) is 0 Å². The summed E-state index contributed by atoms with van der Waals surface area (Å²) < 4.78 is 0. The Labute approximate surface area is 156 Å². The van der Waals surface area contributed by atoms with Crippen molar-refractivity contribution in [2.45, 2.75) is 54.6 Å². The summed E-state index contributed by atoms with van der Waals surface area (Å²) in [7, 11) is 0. The SMILES string of the molecule is CC(=O)C1N(c2c(C)cc(C)cc2C)C=CN1c1c(C)cc(C)cc1C. The Morgan fingerprint density at radius 2 is 1.00 bits per heavy atom. The fourth-order valence-corrected chi connectivity index (χ4v) is 4.39. The molecule has 1 aliphatic heterocycles. The van der Waals surface area contributed by atoms with Crippen molar-refractivity contribution in [3.05, 3.63) is 70.0 Å². The molecule has 0 fully saturated rings. The lowest BCUT2D eigenvalue weighted by molar-refractivity contribution is -0.117. The lowest BCUT2D eigenvalue weighted by Crippen LogP contribution is -2.45. The zero-order valence-corrected chi connectivity index (χ0v) is 16.8. The monoisotopic (exact) mass is 348 g/mol. The van der Waals surface area contributed by atoms with Gasteiger partial charge < -0.3 is 9.80 Å². The highest BCUT2D eigenvalue weighted by Gasteiger charge is 2.34. The lowest BCUT2D eigenvalue weighted by Gasteiger charge is -2.34. The fraction of sp³-hybridized carbons (Fsp3) is 0.348. The van der Waals surface area contributed by atoms with Crippen molar-refractivity contribution in [1.82, 2.24) is 0 Å². The molecule has 2 aromatic rings. The number of benzene rings is 2. The molecule has 2 aromatic carbocycles. The third kappa shape index (κ3) is 3.03. The van der Waals surface area contributed by atoms with Crippen molar-refractivity contribution >= 4 is 17.2 Å². The molecule has 0 saturated heterocycles. The summed E-state index contributed by atoms with van der Waals surface area (Å²) >= 11 is 0. The van der Waals surface area contributed by atoms with E-state index in [-0.39, 0.29) is 11.9 Å². The van der Waals surface area contributed by atoms with E-state index in [2.05, 4.69) is 75.6 Å². The molecule has 0 atom stereocenters. The number of carbonyl (C=O) groups is 1. The molecule has 0 aliphatic carbocycles. The van der Waals surface area contributed by atoms with E-state index < -0.39 is 0 Å². The normalized spacial score (nSPS) is 14.4. The van der Waals surface area contributed by atoms with Crippen LogP contribution in [0.4, 0.5) is 11.4 Å². The van der Waals surface area contributed by atoms with Crippen molar-refractivity contribution in [1.29, 1.82) is 0 Å². The molecule has 0 bridgehead atoms. The molecule has 0 aromatic heterocycles. The van der Waals surface area contributed by atoms with Gasteiger partial charge in [0.15, 0.2) is 11.9 Å². The van der Waals surface area contributed by atoms with Crippen LogP contribution in [0, 0.1) is 41.5 Å². The molecular formula is C23H28N2O. The van der Waals surface area contributed by atoms with Gasteiger partial charge in [-0.3, -0.25) is 4.79 Å². The molecule has 0 radical (unpaired) electrons. The number of Topliss-reactive ketones (excluding diaryl/α,β-unsaturated/α-hetero) is 1. The van der Waals surface area contributed by atoms with Crippen LogP contribution in [0.25, 0.3) is 0 Å². The van der Waals surface area contributed by atoms with Crippen LogP contribution in [-0.4, -0.2) is 11.9 Å². The van der Waals surface area contributed by atoms with Gasteiger partial charge in [0.25, 0.3) is 0 Å². The number of rotatable bonds is 3. The molecule has 0 saturated carbocycles. The highest BCUT2D eigenvalue weighted by molar-refractivity contribution is 5.92. The summed E-state index contributed by atoms with van der Waals surface area (Å²) in [6, 6.07) is 8.72. The maximum absolute atomic E-state index is 12.7. The van der Waals surface area contributed by atoms with Gasteiger partial charge in [-0.05, 0) is 70.7 Å². The first-order valence-electron chi connectivity index (χ1n) is 9.12. The molecule has 1 aliphatic rings. The fourth-order valence-electron chi connectivity index (χ4n) is 4.39. The lowest BCUT2D eigenvalue weighted by atomic mass is 10.0. The smallest absolute Gasteiger partial charge is 0.173 e. The van der Waals surface area contributed by atoms with Crippen LogP contribution in [0.3, 0.4) is 0 Å². The molecule has 0 N–H and O–H groups in total. The number of anilines is 2. The largest absolute Gasteiger partial charge is 0.318 e. The van der Waals surface area contributed by atoms with Crippen LogP contribution in [-0.2, 0) is 4.79 Å². The van der Waals surface area contributed by atoms with E-state index >= 15 is 0 Å². The maximum atomic E-state index is 12.7. The Bertz CT molecular complexity index is 797. The number of aryl methyl sites for hydroxylation is 6. The maximum Gasteiger partial charge on any atom is 0.173 e. The van der Waals surface area contributed by atoms with Crippen molar-refractivity contribution in [3.8, 4) is 0 Å². The van der Waals surface area contributed by atoms with Crippen molar-refractivity contribution in [2.75, 3.05) is 9.80 Å². The first-order chi connectivity index (χ1) is 12.2. The van der Waals surface area contributed by atoms with E-state index in [4.69, 9.17) is 0 Å². The van der Waals surface area contributed by atoms with E-state index in [1.54, 1.807) is 6.92 Å². The quantitative estimate of drug-likeness (QED) is 0.757. The van der Waals surface area contributed by atoms with Crippen LogP contribution in [0.15, 0.2) is 36.7 Å². The highest BCUT2D eigenvalue weighted by Crippen LogP contribution is 2.37. The molecule has 3 heteroatoms. The van der Waals surface area contributed by atoms with Crippen LogP contribution >= 0.6 is 0 Å². The number of nitrogens with zero attached hydrogens (tertiary/aromatic N) is 2. The Kier molecular flexibility index (Phi) is 4.66. The second-order valence-electron chi connectivity index (χ2n) is 7.59. The molecule has 3 nitrogen and oxygen atoms in total. The first kappa shape index (κ1) is 18.2. The number of hydrogen-bond acceptors (Lipinski definition) is 3. The minimum Gasteiger partial charge on any atom is -0.318 e. The second-order valence-corrected chi connectivity index (χ2v) is 7.59. The summed E-state index contributed by atoms with van der Waals surface area (Å²) in [5.41, 5.74) is 9.50. The van der Waals surface area contributed by atoms with Crippen molar-refractivity contribution < 1.29 is 4.79 Å². The van der Waals surface area contributed by atoms with Gasteiger partial charge in [0.05, 0.1) is 0 Å². The van der Waals surface area contributed by atoms with E-state index in [1.807, 2.05) is 12.4 Å². The van der Waals surface area contributed by atoms with Gasteiger partial charge in [-0.25, -0.2) is 0 Å². The Hall–Kier alpha value is -2.55. The van der Waals surface area contributed by atoms with Gasteiger partial charge in [0.2, 0.25) is 0 Å². The van der Waals surface area contributed by atoms with E-state index in [1.165, 1.54) is 33.4 Å². The molecule has 136 valence electrons. The van der Waals surface area contributed by atoms with Gasteiger partial charge in [-0.2, -0.15) is 0 Å². The van der Waals surface area contributed by atoms with E-state index in [0.717, 1.165) is 11.4 Å². The number of hydrogen-bond donors (Lipinski definition) is 0. The van der Waals surface area contributed by atoms with Gasteiger partial charge in [-0.15, -0.1) is 0 Å². The highest BCUT2D eigenvalue weighted by atomic mass is 16.1. The zero-order chi connectivity index (χ0) is 19.2. The molecular weight excluding hydrogens is 320 g/mol. The zero-order valence-electron chi connectivity index (χ0n) is 16.8. The summed E-state index contributed by atoms with van der Waals surface area (Å²) in [5.74, 6) is 0.133. The summed E-state index contributed by atoms with van der Waals surface area (Å²) in [6.45, 7) is 14.4. The Balaban J connectivity index is 2.11. The second kappa shape index (κ2) is 6.64. The summed E-state index contributed by atoms with van der Waals surface area (Å²) in [4.78, 5) is 16.9. The van der Waals surface area contributed by atoms with Crippen LogP contribution < -0.4 is 9.80 Å². The molecule has 1 heterocycles.